The first-order valence-corrected chi connectivity index (χ1v) is 8.48. The molecule has 0 N–H and O–H groups in total. The summed E-state index contributed by atoms with van der Waals surface area (Å²) in [6.45, 7) is 5.15. The average Bonchev–Trinajstić information content (AvgIpc) is 3.23. The molecule has 118 valence electrons. The largest absolute Gasteiger partial charge is 0.381 e. The van der Waals surface area contributed by atoms with E-state index in [1.807, 2.05) is 0 Å². The third-order valence-corrected chi connectivity index (χ3v) is 5.45. The molecule has 0 bridgehead atoms. The van der Waals surface area contributed by atoms with Gasteiger partial charge >= 0.3 is 0 Å². The second kappa shape index (κ2) is 6.01. The Labute approximate surface area is 132 Å². The Morgan fingerprint density at radius 2 is 1.73 bits per heavy atom. The zero-order valence-corrected chi connectivity index (χ0v) is 13.0. The van der Waals surface area contributed by atoms with Gasteiger partial charge in [0.1, 0.15) is 0 Å². The van der Waals surface area contributed by atoms with Gasteiger partial charge in [0.25, 0.3) is 0 Å². The number of ether oxygens (including phenoxy) is 1. The molecule has 4 nitrogen and oxygen atoms in total. The Balaban J connectivity index is 1.32. The molecule has 2 saturated heterocycles. The fourth-order valence-electron chi connectivity index (χ4n) is 4.09. The third kappa shape index (κ3) is 2.66. The van der Waals surface area contributed by atoms with Crippen LogP contribution in [0.4, 0.5) is 0 Å². The summed E-state index contributed by atoms with van der Waals surface area (Å²) in [5.74, 6) is 0.425. The smallest absolute Gasteiger partial charge is 0.228 e. The van der Waals surface area contributed by atoms with E-state index in [1.165, 1.54) is 24.0 Å². The van der Waals surface area contributed by atoms with Crippen LogP contribution in [0.15, 0.2) is 24.3 Å². The van der Waals surface area contributed by atoms with Gasteiger partial charge < -0.3 is 9.64 Å². The van der Waals surface area contributed by atoms with E-state index < -0.39 is 0 Å². The number of benzene rings is 1. The summed E-state index contributed by atoms with van der Waals surface area (Å²) in [5.41, 5.74) is 3.02. The molecule has 1 aliphatic carbocycles. The molecule has 2 aliphatic heterocycles. The minimum atomic E-state index is 0.113. The normalized spacial score (nSPS) is 26.4. The van der Waals surface area contributed by atoms with Crippen molar-refractivity contribution in [3.63, 3.8) is 0 Å². The molecule has 0 aromatic heterocycles. The first-order valence-electron chi connectivity index (χ1n) is 8.48. The highest BCUT2D eigenvalue weighted by Gasteiger charge is 2.33. The first kappa shape index (κ1) is 14.2. The number of amides is 1. The van der Waals surface area contributed by atoms with Crippen LogP contribution in [0.3, 0.4) is 0 Å². The van der Waals surface area contributed by atoms with Gasteiger partial charge in [0.05, 0.1) is 12.5 Å². The lowest BCUT2D eigenvalue weighted by atomic mass is 10.1. The first-order chi connectivity index (χ1) is 10.8. The maximum absolute atomic E-state index is 12.4. The summed E-state index contributed by atoms with van der Waals surface area (Å²) in [6, 6.07) is 9.43. The molecule has 3 aliphatic rings. The monoisotopic (exact) mass is 300 g/mol. The zero-order chi connectivity index (χ0) is 14.9. The van der Waals surface area contributed by atoms with Crippen molar-refractivity contribution in [2.75, 3.05) is 39.4 Å². The summed E-state index contributed by atoms with van der Waals surface area (Å²) in [7, 11) is 0. The molecular formula is C18H24N2O2. The maximum Gasteiger partial charge on any atom is 0.228 e. The molecule has 0 saturated carbocycles. The molecule has 0 radical (unpaired) electrons. The second-order valence-electron chi connectivity index (χ2n) is 6.75. The molecule has 1 amide bonds. The van der Waals surface area contributed by atoms with E-state index >= 15 is 0 Å². The number of nitrogens with zero attached hydrogens (tertiary/aromatic N) is 2. The molecule has 2 heterocycles. The number of fused-ring (bicyclic) bond motifs is 1. The lowest BCUT2D eigenvalue weighted by Gasteiger charge is -2.38. The van der Waals surface area contributed by atoms with E-state index in [4.69, 9.17) is 4.74 Å². The minimum Gasteiger partial charge on any atom is -0.381 e. The molecule has 1 atom stereocenters. The van der Waals surface area contributed by atoms with Crippen LogP contribution in [0.5, 0.6) is 0 Å². The molecule has 1 unspecified atom stereocenters. The van der Waals surface area contributed by atoms with Crippen LogP contribution in [-0.4, -0.2) is 61.1 Å². The van der Waals surface area contributed by atoms with Crippen LogP contribution in [0.25, 0.3) is 0 Å². The minimum absolute atomic E-state index is 0.113. The molecular weight excluding hydrogens is 276 g/mol. The zero-order valence-electron chi connectivity index (χ0n) is 13.0. The summed E-state index contributed by atoms with van der Waals surface area (Å²) in [6.07, 6.45) is 3.23. The number of hydrogen-bond donors (Lipinski definition) is 0. The fraction of sp³-hybridized carbons (Fsp3) is 0.611. The summed E-state index contributed by atoms with van der Waals surface area (Å²) in [5, 5.41) is 0. The molecule has 4 heteroatoms. The molecule has 0 spiro atoms. The topological polar surface area (TPSA) is 32.8 Å². The van der Waals surface area contributed by atoms with Crippen molar-refractivity contribution in [3.8, 4) is 0 Å². The van der Waals surface area contributed by atoms with E-state index in [-0.39, 0.29) is 5.92 Å². The van der Waals surface area contributed by atoms with Crippen LogP contribution in [0.1, 0.15) is 17.5 Å². The summed E-state index contributed by atoms with van der Waals surface area (Å²) in [4.78, 5) is 17.1. The van der Waals surface area contributed by atoms with Gasteiger partial charge in [-0.25, -0.2) is 0 Å². The second-order valence-corrected chi connectivity index (χ2v) is 6.75. The van der Waals surface area contributed by atoms with Crippen LogP contribution in [0.2, 0.25) is 0 Å². The highest BCUT2D eigenvalue weighted by molar-refractivity contribution is 5.79. The van der Waals surface area contributed by atoms with Gasteiger partial charge in [-0.15, -0.1) is 0 Å². The third-order valence-electron chi connectivity index (χ3n) is 5.45. The Hall–Kier alpha value is -1.39. The van der Waals surface area contributed by atoms with Crippen LogP contribution in [0, 0.1) is 5.92 Å². The fourth-order valence-corrected chi connectivity index (χ4v) is 4.09. The Bertz CT molecular complexity index is 521. The van der Waals surface area contributed by atoms with Crippen molar-refractivity contribution < 1.29 is 9.53 Å². The van der Waals surface area contributed by atoms with Crippen LogP contribution < -0.4 is 0 Å². The van der Waals surface area contributed by atoms with E-state index in [9.17, 15) is 4.79 Å². The van der Waals surface area contributed by atoms with E-state index in [2.05, 4.69) is 34.1 Å². The quantitative estimate of drug-likeness (QED) is 0.826. The predicted molar refractivity (Wildman–Crippen MR) is 84.7 cm³/mol. The van der Waals surface area contributed by atoms with Gasteiger partial charge in [-0.3, -0.25) is 9.69 Å². The highest BCUT2D eigenvalue weighted by atomic mass is 16.5. The van der Waals surface area contributed by atoms with Crippen molar-refractivity contribution in [1.82, 2.24) is 9.80 Å². The molecule has 1 aromatic carbocycles. The molecule has 4 rings (SSSR count). The van der Waals surface area contributed by atoms with Gasteiger partial charge in [-0.2, -0.15) is 0 Å². The van der Waals surface area contributed by atoms with Crippen molar-refractivity contribution >= 4 is 5.91 Å². The number of carbonyl (C=O) groups is 1. The van der Waals surface area contributed by atoms with Crippen molar-refractivity contribution in [2.24, 2.45) is 5.92 Å². The van der Waals surface area contributed by atoms with Gasteiger partial charge in [0.15, 0.2) is 0 Å². The number of rotatable bonds is 2. The van der Waals surface area contributed by atoms with Gasteiger partial charge in [-0.1, -0.05) is 24.3 Å². The summed E-state index contributed by atoms with van der Waals surface area (Å²) < 4.78 is 5.35. The number of hydrogen-bond acceptors (Lipinski definition) is 3. The van der Waals surface area contributed by atoms with Gasteiger partial charge in [0.2, 0.25) is 5.91 Å². The van der Waals surface area contributed by atoms with Gasteiger partial charge in [-0.05, 0) is 30.4 Å². The number of carbonyl (C=O) groups excluding carboxylic acids is 1. The number of piperazine rings is 1. The Kier molecular flexibility index (Phi) is 3.89. The molecule has 22 heavy (non-hydrogen) atoms. The standard InChI is InChI=1S/C18H24N2O2/c21-18(16-5-10-22-13-16)20-8-6-19(7-9-20)17-11-14-3-1-2-4-15(14)12-17/h1-4,16-17H,5-13H2. The molecule has 1 aromatic rings. The summed E-state index contributed by atoms with van der Waals surface area (Å²) >= 11 is 0. The predicted octanol–water partition coefficient (Wildman–Crippen LogP) is 1.33. The van der Waals surface area contributed by atoms with Crippen molar-refractivity contribution in [3.05, 3.63) is 35.4 Å². The average molecular weight is 300 g/mol. The lowest BCUT2D eigenvalue weighted by Crippen LogP contribution is -2.53. The van der Waals surface area contributed by atoms with E-state index in [0.717, 1.165) is 39.2 Å². The lowest BCUT2D eigenvalue weighted by molar-refractivity contribution is -0.137. The van der Waals surface area contributed by atoms with E-state index in [1.54, 1.807) is 0 Å². The Morgan fingerprint density at radius 3 is 2.32 bits per heavy atom. The maximum atomic E-state index is 12.4. The van der Waals surface area contributed by atoms with Crippen LogP contribution in [-0.2, 0) is 22.4 Å². The highest BCUT2D eigenvalue weighted by Crippen LogP contribution is 2.26. The van der Waals surface area contributed by atoms with Crippen molar-refractivity contribution in [2.45, 2.75) is 25.3 Å². The van der Waals surface area contributed by atoms with Crippen LogP contribution >= 0.6 is 0 Å². The van der Waals surface area contributed by atoms with E-state index in [0.29, 0.717) is 18.6 Å². The molecule has 2 fully saturated rings. The van der Waals surface area contributed by atoms with Gasteiger partial charge in [0, 0.05) is 38.8 Å². The van der Waals surface area contributed by atoms with Crippen molar-refractivity contribution in [1.29, 1.82) is 0 Å². The Morgan fingerprint density at radius 1 is 1.05 bits per heavy atom. The SMILES string of the molecule is O=C(C1CCOC1)N1CCN(C2Cc3ccccc3C2)CC1.